The van der Waals surface area contributed by atoms with E-state index in [2.05, 4.69) is 11.7 Å². The molecule has 1 atom stereocenters. The van der Waals surface area contributed by atoms with Crippen LogP contribution in [0.15, 0.2) is 30.3 Å². The lowest BCUT2D eigenvalue weighted by atomic mass is 10.1. The molecule has 1 unspecified atom stereocenters. The quantitative estimate of drug-likeness (QED) is 0.383. The molecule has 0 fully saturated rings. The number of nitrogens with two attached hydrogens (primary N) is 3. The van der Waals surface area contributed by atoms with E-state index < -0.39 is 12.0 Å². The molecule has 5 heteroatoms. The van der Waals surface area contributed by atoms with Gasteiger partial charge in [-0.25, -0.2) is 0 Å². The summed E-state index contributed by atoms with van der Waals surface area (Å²) in [6.07, 6.45) is 0.385. The first-order valence-electron chi connectivity index (χ1n) is 4.06. The predicted molar refractivity (Wildman–Crippen MR) is 54.1 cm³/mol. The van der Waals surface area contributed by atoms with Gasteiger partial charge in [0.2, 0.25) is 0 Å². The highest BCUT2D eigenvalue weighted by Crippen LogP contribution is 2.01. The van der Waals surface area contributed by atoms with E-state index in [9.17, 15) is 4.79 Å². The number of hydrogen-bond donors (Lipinski definition) is 4. The summed E-state index contributed by atoms with van der Waals surface area (Å²) < 4.78 is 0. The van der Waals surface area contributed by atoms with Crippen LogP contribution in [0.5, 0.6) is 0 Å². The highest BCUT2D eigenvalue weighted by Gasteiger charge is 2.10. The van der Waals surface area contributed by atoms with E-state index in [1.54, 1.807) is 0 Å². The van der Waals surface area contributed by atoms with E-state index >= 15 is 0 Å². The molecule has 78 valence electrons. The molecule has 1 aromatic carbocycles. The first kappa shape index (κ1) is 12.6. The number of rotatable bonds is 3. The van der Waals surface area contributed by atoms with Crippen molar-refractivity contribution in [2.75, 3.05) is 0 Å². The summed E-state index contributed by atoms with van der Waals surface area (Å²) >= 11 is 0. The van der Waals surface area contributed by atoms with E-state index in [1.165, 1.54) is 0 Å². The van der Waals surface area contributed by atoms with Gasteiger partial charge in [0, 0.05) is 0 Å². The number of benzene rings is 1. The minimum absolute atomic E-state index is 0.385. The molecule has 14 heavy (non-hydrogen) atoms. The highest BCUT2D eigenvalue weighted by molar-refractivity contribution is 5.73. The van der Waals surface area contributed by atoms with E-state index in [4.69, 9.17) is 10.8 Å². The molecule has 0 aromatic heterocycles. The summed E-state index contributed by atoms with van der Waals surface area (Å²) in [5.41, 5.74) is 6.30. The van der Waals surface area contributed by atoms with E-state index in [-0.39, 0.29) is 0 Å². The van der Waals surface area contributed by atoms with Crippen molar-refractivity contribution in [1.82, 2.24) is 0 Å². The molecule has 0 saturated carbocycles. The third-order valence-corrected chi connectivity index (χ3v) is 1.62. The Morgan fingerprint density at radius 1 is 1.29 bits per heavy atom. The van der Waals surface area contributed by atoms with Gasteiger partial charge in [0.05, 0.1) is 0 Å². The van der Waals surface area contributed by atoms with Gasteiger partial charge in [-0.3, -0.25) is 16.5 Å². The number of hydrogen-bond acceptors (Lipinski definition) is 4. The Hall–Kier alpha value is -1.43. The molecule has 7 N–H and O–H groups in total. The maximum Gasteiger partial charge on any atom is 0.320 e. The van der Waals surface area contributed by atoms with Crippen LogP contribution in [0.4, 0.5) is 0 Å². The second-order valence-corrected chi connectivity index (χ2v) is 2.63. The van der Waals surface area contributed by atoms with Crippen LogP contribution < -0.4 is 17.4 Å². The van der Waals surface area contributed by atoms with Crippen LogP contribution in [0.1, 0.15) is 5.56 Å². The SMILES string of the molecule is NC(Cc1ccccc1)C(=O)O.NN. The maximum atomic E-state index is 10.4. The summed E-state index contributed by atoms with van der Waals surface area (Å²) in [7, 11) is 0. The van der Waals surface area contributed by atoms with Gasteiger partial charge in [-0.2, -0.15) is 0 Å². The van der Waals surface area contributed by atoms with Crippen LogP contribution in [0.3, 0.4) is 0 Å². The van der Waals surface area contributed by atoms with Crippen molar-refractivity contribution >= 4 is 5.97 Å². The lowest BCUT2D eigenvalue weighted by molar-refractivity contribution is -0.138. The highest BCUT2D eigenvalue weighted by atomic mass is 16.4. The Kier molecular flexibility index (Phi) is 6.30. The Morgan fingerprint density at radius 3 is 2.21 bits per heavy atom. The van der Waals surface area contributed by atoms with Crippen molar-refractivity contribution < 1.29 is 9.90 Å². The lowest BCUT2D eigenvalue weighted by Gasteiger charge is -2.04. The number of carboxylic acids is 1. The molecular weight excluding hydrogens is 182 g/mol. The van der Waals surface area contributed by atoms with Crippen LogP contribution in [0.25, 0.3) is 0 Å². The fourth-order valence-electron chi connectivity index (χ4n) is 0.955. The topological polar surface area (TPSA) is 115 Å². The van der Waals surface area contributed by atoms with Gasteiger partial charge in [0.15, 0.2) is 0 Å². The normalized spacial score (nSPS) is 11.1. The molecule has 0 aliphatic heterocycles. The summed E-state index contributed by atoms with van der Waals surface area (Å²) in [6.45, 7) is 0. The second kappa shape index (κ2) is 7.02. The summed E-state index contributed by atoms with van der Waals surface area (Å²) in [4.78, 5) is 10.4. The molecule has 0 radical (unpaired) electrons. The largest absolute Gasteiger partial charge is 0.480 e. The smallest absolute Gasteiger partial charge is 0.320 e. The zero-order chi connectivity index (χ0) is 11.0. The number of carboxylic acid groups (broad SMARTS) is 1. The molecule has 0 aliphatic carbocycles. The standard InChI is InChI=1S/C9H11NO2.H4N2/c10-8(9(11)12)6-7-4-2-1-3-5-7;1-2/h1-5,8H,6,10H2,(H,11,12);1-2H2. The second-order valence-electron chi connectivity index (χ2n) is 2.63. The fourth-order valence-corrected chi connectivity index (χ4v) is 0.955. The molecule has 1 aromatic rings. The number of hydrazine groups is 1. The van der Waals surface area contributed by atoms with Crippen molar-refractivity contribution in [3.8, 4) is 0 Å². The molecule has 0 amide bonds. The zero-order valence-electron chi connectivity index (χ0n) is 7.76. The van der Waals surface area contributed by atoms with Crippen LogP contribution in [0, 0.1) is 0 Å². The monoisotopic (exact) mass is 197 g/mol. The van der Waals surface area contributed by atoms with Crippen molar-refractivity contribution in [3.63, 3.8) is 0 Å². The van der Waals surface area contributed by atoms with Gasteiger partial charge in [-0.1, -0.05) is 30.3 Å². The molecule has 5 nitrogen and oxygen atoms in total. The number of aliphatic carboxylic acids is 1. The average molecular weight is 197 g/mol. The van der Waals surface area contributed by atoms with E-state index in [1.807, 2.05) is 30.3 Å². The van der Waals surface area contributed by atoms with Gasteiger partial charge in [-0.05, 0) is 12.0 Å². The van der Waals surface area contributed by atoms with Gasteiger partial charge in [0.25, 0.3) is 0 Å². The van der Waals surface area contributed by atoms with Crippen molar-refractivity contribution in [1.29, 1.82) is 0 Å². The lowest BCUT2D eigenvalue weighted by Crippen LogP contribution is -2.32. The molecule has 0 aliphatic rings. The summed E-state index contributed by atoms with van der Waals surface area (Å²) in [6, 6.07) is 8.54. The van der Waals surface area contributed by atoms with Gasteiger partial charge >= 0.3 is 5.97 Å². The van der Waals surface area contributed by atoms with Crippen LogP contribution in [0.2, 0.25) is 0 Å². The zero-order valence-corrected chi connectivity index (χ0v) is 7.76. The Labute approximate surface area is 82.5 Å². The van der Waals surface area contributed by atoms with E-state index in [0.717, 1.165) is 5.56 Å². The Balaban J connectivity index is 0.000000791. The fraction of sp³-hybridized carbons (Fsp3) is 0.222. The van der Waals surface area contributed by atoms with Crippen molar-refractivity contribution in [3.05, 3.63) is 35.9 Å². The maximum absolute atomic E-state index is 10.4. The van der Waals surface area contributed by atoms with Crippen LogP contribution in [-0.4, -0.2) is 17.1 Å². The van der Waals surface area contributed by atoms with E-state index in [0.29, 0.717) is 6.42 Å². The Morgan fingerprint density at radius 2 is 1.79 bits per heavy atom. The first-order valence-corrected chi connectivity index (χ1v) is 4.06. The van der Waals surface area contributed by atoms with Crippen molar-refractivity contribution in [2.45, 2.75) is 12.5 Å². The summed E-state index contributed by atoms with van der Waals surface area (Å²) in [5, 5.41) is 8.52. The summed E-state index contributed by atoms with van der Waals surface area (Å²) in [5.74, 6) is 7.04. The Bertz CT molecular complexity index is 264. The minimum atomic E-state index is -0.959. The van der Waals surface area contributed by atoms with Crippen LogP contribution in [-0.2, 0) is 11.2 Å². The molecular formula is C9H15N3O2. The molecule has 0 spiro atoms. The molecule has 0 saturated heterocycles. The van der Waals surface area contributed by atoms with Crippen molar-refractivity contribution in [2.24, 2.45) is 17.4 Å². The third kappa shape index (κ3) is 4.56. The predicted octanol–water partition coefficient (Wildman–Crippen LogP) is -0.540. The average Bonchev–Trinajstić information content (AvgIpc) is 2.22. The molecule has 0 bridgehead atoms. The van der Waals surface area contributed by atoms with Gasteiger partial charge < -0.3 is 10.8 Å². The minimum Gasteiger partial charge on any atom is -0.480 e. The number of carbonyl (C=O) groups is 1. The van der Waals surface area contributed by atoms with Gasteiger partial charge in [-0.15, -0.1) is 0 Å². The van der Waals surface area contributed by atoms with Gasteiger partial charge in [0.1, 0.15) is 6.04 Å². The van der Waals surface area contributed by atoms with Crippen LogP contribution >= 0.6 is 0 Å². The third-order valence-electron chi connectivity index (χ3n) is 1.62. The molecule has 1 rings (SSSR count). The first-order chi connectivity index (χ1) is 6.70. The molecule has 0 heterocycles.